The maximum atomic E-state index is 13.2. The normalized spacial score (nSPS) is 15.1. The number of ether oxygens (including phenoxy) is 3. The Balaban J connectivity index is 1.42. The SMILES string of the molecule is COc1ccc(NC(=O)CSc2nnc(CNc3ccc(F)cc3)n2C[C@@H]2CCCO2)c(OC)c1. The summed E-state index contributed by atoms with van der Waals surface area (Å²) in [5.41, 5.74) is 1.34. The number of carbonyl (C=O) groups excluding carboxylic acids is 1. The van der Waals surface area contributed by atoms with Gasteiger partial charge in [-0.15, -0.1) is 10.2 Å². The summed E-state index contributed by atoms with van der Waals surface area (Å²) in [5.74, 6) is 1.52. The van der Waals surface area contributed by atoms with Gasteiger partial charge in [-0.05, 0) is 49.2 Å². The number of anilines is 2. The van der Waals surface area contributed by atoms with E-state index < -0.39 is 0 Å². The van der Waals surface area contributed by atoms with Crippen molar-refractivity contribution in [3.05, 3.63) is 54.1 Å². The first kappa shape index (κ1) is 24.8. The number of rotatable bonds is 11. The molecule has 9 nitrogen and oxygen atoms in total. The van der Waals surface area contributed by atoms with Crippen LogP contribution in [0.3, 0.4) is 0 Å². The Hall–Kier alpha value is -3.31. The van der Waals surface area contributed by atoms with E-state index in [0.29, 0.717) is 41.3 Å². The van der Waals surface area contributed by atoms with Crippen molar-refractivity contribution in [2.24, 2.45) is 0 Å². The van der Waals surface area contributed by atoms with E-state index in [4.69, 9.17) is 14.2 Å². The van der Waals surface area contributed by atoms with Gasteiger partial charge in [0.1, 0.15) is 17.3 Å². The predicted molar refractivity (Wildman–Crippen MR) is 132 cm³/mol. The first-order chi connectivity index (χ1) is 17.1. The second kappa shape index (κ2) is 11.9. The van der Waals surface area contributed by atoms with E-state index >= 15 is 0 Å². The Morgan fingerprint density at radius 1 is 1.20 bits per heavy atom. The number of thioether (sulfide) groups is 1. The summed E-state index contributed by atoms with van der Waals surface area (Å²) in [4.78, 5) is 12.7. The first-order valence-electron chi connectivity index (χ1n) is 11.2. The van der Waals surface area contributed by atoms with Crippen molar-refractivity contribution in [3.8, 4) is 11.5 Å². The van der Waals surface area contributed by atoms with E-state index in [0.717, 1.165) is 25.1 Å². The second-order valence-electron chi connectivity index (χ2n) is 7.91. The third kappa shape index (κ3) is 6.64. The molecule has 1 aliphatic rings. The van der Waals surface area contributed by atoms with Crippen LogP contribution in [0.25, 0.3) is 0 Å². The smallest absolute Gasteiger partial charge is 0.234 e. The lowest BCUT2D eigenvalue weighted by Gasteiger charge is -2.15. The predicted octanol–water partition coefficient (Wildman–Crippen LogP) is 3.96. The summed E-state index contributed by atoms with van der Waals surface area (Å²) >= 11 is 1.30. The number of methoxy groups -OCH3 is 2. The zero-order chi connectivity index (χ0) is 24.6. The standard InChI is InChI=1S/C24H28FN5O4S/c1-32-18-9-10-20(21(12-18)33-2)27-23(31)15-35-24-29-28-22(30(24)14-19-4-3-11-34-19)13-26-17-7-5-16(25)6-8-17/h5-10,12,19,26H,3-4,11,13-15H2,1-2H3,(H,27,31)/t19-/m0/s1. The molecule has 35 heavy (non-hydrogen) atoms. The minimum atomic E-state index is -0.290. The Bertz CT molecular complexity index is 1140. The molecule has 2 heterocycles. The molecule has 3 aromatic rings. The number of aromatic nitrogens is 3. The van der Waals surface area contributed by atoms with Gasteiger partial charge in [0.15, 0.2) is 11.0 Å². The summed E-state index contributed by atoms with van der Waals surface area (Å²) in [6, 6.07) is 11.3. The molecule has 2 N–H and O–H groups in total. The molecule has 11 heteroatoms. The third-order valence-electron chi connectivity index (χ3n) is 5.51. The van der Waals surface area contributed by atoms with Gasteiger partial charge in [-0.2, -0.15) is 0 Å². The quantitative estimate of drug-likeness (QED) is 0.381. The maximum absolute atomic E-state index is 13.2. The molecular formula is C24H28FN5O4S. The highest BCUT2D eigenvalue weighted by Crippen LogP contribution is 2.29. The summed E-state index contributed by atoms with van der Waals surface area (Å²) < 4.78 is 31.5. The summed E-state index contributed by atoms with van der Waals surface area (Å²) in [7, 11) is 3.11. The van der Waals surface area contributed by atoms with Crippen LogP contribution in [0.2, 0.25) is 0 Å². The second-order valence-corrected chi connectivity index (χ2v) is 8.85. The molecule has 0 bridgehead atoms. The van der Waals surface area contributed by atoms with Gasteiger partial charge in [-0.25, -0.2) is 4.39 Å². The number of nitrogens with zero attached hydrogens (tertiary/aromatic N) is 3. The van der Waals surface area contributed by atoms with Crippen LogP contribution in [0.5, 0.6) is 11.5 Å². The van der Waals surface area contributed by atoms with Crippen LogP contribution in [-0.2, 0) is 22.6 Å². The summed E-state index contributed by atoms with van der Waals surface area (Å²) in [5, 5.41) is 15.4. The van der Waals surface area contributed by atoms with Crippen molar-refractivity contribution in [2.45, 2.75) is 37.2 Å². The van der Waals surface area contributed by atoms with Gasteiger partial charge in [0.25, 0.3) is 0 Å². The minimum absolute atomic E-state index is 0.0762. The molecule has 2 aromatic carbocycles. The minimum Gasteiger partial charge on any atom is -0.497 e. The molecule has 0 radical (unpaired) electrons. The highest BCUT2D eigenvalue weighted by molar-refractivity contribution is 7.99. The van der Waals surface area contributed by atoms with Crippen molar-refractivity contribution in [1.82, 2.24) is 14.8 Å². The fourth-order valence-electron chi connectivity index (χ4n) is 3.70. The number of carbonyl (C=O) groups is 1. The first-order valence-corrected chi connectivity index (χ1v) is 12.2. The van der Waals surface area contributed by atoms with Crippen LogP contribution in [0.1, 0.15) is 18.7 Å². The lowest BCUT2D eigenvalue weighted by atomic mass is 10.2. The molecule has 0 saturated carbocycles. The zero-order valence-corrected chi connectivity index (χ0v) is 20.4. The van der Waals surface area contributed by atoms with Gasteiger partial charge in [0.05, 0.1) is 44.9 Å². The van der Waals surface area contributed by atoms with Gasteiger partial charge >= 0.3 is 0 Å². The Morgan fingerprint density at radius 2 is 2.03 bits per heavy atom. The Kier molecular flexibility index (Phi) is 8.43. The van der Waals surface area contributed by atoms with E-state index in [-0.39, 0.29) is 23.6 Å². The maximum Gasteiger partial charge on any atom is 0.234 e. The lowest BCUT2D eigenvalue weighted by molar-refractivity contribution is -0.113. The van der Waals surface area contributed by atoms with Crippen molar-refractivity contribution < 1.29 is 23.4 Å². The molecule has 1 amide bonds. The number of hydrogen-bond donors (Lipinski definition) is 2. The Morgan fingerprint density at radius 3 is 2.74 bits per heavy atom. The average molecular weight is 502 g/mol. The van der Waals surface area contributed by atoms with Crippen LogP contribution in [0.4, 0.5) is 15.8 Å². The highest BCUT2D eigenvalue weighted by atomic mass is 32.2. The average Bonchev–Trinajstić information content (AvgIpc) is 3.53. The Labute approximate surface area is 207 Å². The van der Waals surface area contributed by atoms with Gasteiger partial charge in [-0.1, -0.05) is 11.8 Å². The molecule has 0 unspecified atom stereocenters. The monoisotopic (exact) mass is 501 g/mol. The summed E-state index contributed by atoms with van der Waals surface area (Å²) in [6.07, 6.45) is 2.06. The van der Waals surface area contributed by atoms with Crippen LogP contribution in [0, 0.1) is 5.82 Å². The van der Waals surface area contributed by atoms with E-state index in [2.05, 4.69) is 20.8 Å². The molecule has 1 aromatic heterocycles. The molecule has 4 rings (SSSR count). The molecule has 1 atom stereocenters. The van der Waals surface area contributed by atoms with Gasteiger partial charge in [-0.3, -0.25) is 4.79 Å². The molecule has 0 aliphatic carbocycles. The fraction of sp³-hybridized carbons (Fsp3) is 0.375. The molecular weight excluding hydrogens is 473 g/mol. The molecule has 1 aliphatic heterocycles. The largest absolute Gasteiger partial charge is 0.497 e. The van der Waals surface area contributed by atoms with Crippen molar-refractivity contribution in [2.75, 3.05) is 37.2 Å². The summed E-state index contributed by atoms with van der Waals surface area (Å²) in [6.45, 7) is 1.75. The number of benzene rings is 2. The molecule has 186 valence electrons. The van der Waals surface area contributed by atoms with Gasteiger partial charge in [0.2, 0.25) is 5.91 Å². The number of amides is 1. The van der Waals surface area contributed by atoms with Gasteiger partial charge in [0, 0.05) is 18.4 Å². The number of hydrogen-bond acceptors (Lipinski definition) is 8. The lowest BCUT2D eigenvalue weighted by Crippen LogP contribution is -2.20. The number of nitrogens with one attached hydrogen (secondary N) is 2. The van der Waals surface area contributed by atoms with Gasteiger partial charge < -0.3 is 29.4 Å². The van der Waals surface area contributed by atoms with Crippen molar-refractivity contribution >= 4 is 29.0 Å². The molecule has 1 fully saturated rings. The van der Waals surface area contributed by atoms with E-state index in [1.807, 2.05) is 4.57 Å². The fourth-order valence-corrected chi connectivity index (χ4v) is 4.47. The van der Waals surface area contributed by atoms with Crippen LogP contribution < -0.4 is 20.1 Å². The van der Waals surface area contributed by atoms with E-state index in [1.54, 1.807) is 37.4 Å². The van der Waals surface area contributed by atoms with E-state index in [1.165, 1.54) is 31.0 Å². The van der Waals surface area contributed by atoms with Crippen molar-refractivity contribution in [3.63, 3.8) is 0 Å². The zero-order valence-electron chi connectivity index (χ0n) is 19.6. The van der Waals surface area contributed by atoms with Crippen molar-refractivity contribution in [1.29, 1.82) is 0 Å². The van der Waals surface area contributed by atoms with Crippen LogP contribution in [-0.4, -0.2) is 53.4 Å². The molecule has 1 saturated heterocycles. The third-order valence-corrected chi connectivity index (χ3v) is 6.48. The van der Waals surface area contributed by atoms with Crippen LogP contribution in [0.15, 0.2) is 47.6 Å². The molecule has 0 spiro atoms. The number of halogens is 1. The van der Waals surface area contributed by atoms with Crippen LogP contribution >= 0.6 is 11.8 Å². The highest BCUT2D eigenvalue weighted by Gasteiger charge is 2.22. The topological polar surface area (TPSA) is 99.5 Å². The van der Waals surface area contributed by atoms with E-state index in [9.17, 15) is 9.18 Å².